The molecule has 2 heteroatoms. The highest BCUT2D eigenvalue weighted by Gasteiger charge is 1.95. The Hall–Kier alpha value is 0.140. The average Bonchev–Trinajstić information content (AvgIpc) is 1.90. The molecule has 0 saturated carbocycles. The van der Waals surface area contributed by atoms with Crippen LogP contribution in [0.5, 0.6) is 0 Å². The molecule has 44 valence electrons. The molecule has 0 N–H and O–H groups in total. The van der Waals surface area contributed by atoms with Crippen LogP contribution < -0.4 is 0 Å². The number of hydrogen-bond donors (Lipinski definition) is 0. The zero-order valence-electron chi connectivity index (χ0n) is 4.60. The number of hydrogen-bond acceptors (Lipinski definition) is 1. The van der Waals surface area contributed by atoms with Crippen LogP contribution in [0.2, 0.25) is 0 Å². The first-order valence-electron chi connectivity index (χ1n) is 2.67. The molecule has 1 rings (SSSR count). The molecular weight excluding hydrogens is 213 g/mol. The third kappa shape index (κ3) is 1.58. The first-order valence-corrected chi connectivity index (χ1v) is 4.20. The van der Waals surface area contributed by atoms with Crippen LogP contribution in [0, 0.1) is 0 Å². The Labute approximate surface area is 63.0 Å². The lowest BCUT2D eigenvalue weighted by atomic mass is 10.2. The number of allylic oxidation sites excluding steroid dienone is 1. The van der Waals surface area contributed by atoms with Crippen LogP contribution in [-0.4, -0.2) is 17.2 Å². The standard InChI is InChI=1S/C6H8IN/c7-5-6-1-3-8-4-2-6/h1,3H,2,4-5H2. The minimum atomic E-state index is 0.995. The number of nitrogens with zero attached hydrogens (tertiary/aromatic N) is 1. The largest absolute Gasteiger partial charge is 0.293 e. The molecule has 0 radical (unpaired) electrons. The van der Waals surface area contributed by atoms with Gasteiger partial charge in [0, 0.05) is 17.2 Å². The van der Waals surface area contributed by atoms with Crippen molar-refractivity contribution in [2.75, 3.05) is 11.0 Å². The molecule has 0 fully saturated rings. The van der Waals surface area contributed by atoms with Crippen LogP contribution in [0.3, 0.4) is 0 Å². The van der Waals surface area contributed by atoms with Gasteiger partial charge in [-0.25, -0.2) is 0 Å². The second-order valence-corrected chi connectivity index (χ2v) is 2.53. The second kappa shape index (κ2) is 3.22. The van der Waals surface area contributed by atoms with E-state index in [2.05, 4.69) is 33.7 Å². The Balaban J connectivity index is 2.50. The van der Waals surface area contributed by atoms with E-state index in [-0.39, 0.29) is 0 Å². The van der Waals surface area contributed by atoms with Gasteiger partial charge in [0.1, 0.15) is 0 Å². The average molecular weight is 221 g/mol. The number of alkyl halides is 1. The van der Waals surface area contributed by atoms with Gasteiger partial charge in [-0.2, -0.15) is 0 Å². The first kappa shape index (κ1) is 6.26. The molecule has 1 aliphatic rings. The second-order valence-electron chi connectivity index (χ2n) is 1.76. The van der Waals surface area contributed by atoms with Gasteiger partial charge >= 0.3 is 0 Å². The molecule has 1 nitrogen and oxygen atoms in total. The third-order valence-electron chi connectivity index (χ3n) is 1.15. The van der Waals surface area contributed by atoms with Crippen LogP contribution in [0.25, 0.3) is 0 Å². The van der Waals surface area contributed by atoms with Gasteiger partial charge in [0.05, 0.1) is 0 Å². The quantitative estimate of drug-likeness (QED) is 0.473. The van der Waals surface area contributed by atoms with Gasteiger partial charge in [0.25, 0.3) is 0 Å². The molecule has 1 heterocycles. The minimum Gasteiger partial charge on any atom is -0.293 e. The maximum absolute atomic E-state index is 4.07. The van der Waals surface area contributed by atoms with Crippen LogP contribution >= 0.6 is 22.6 Å². The van der Waals surface area contributed by atoms with E-state index in [0.29, 0.717) is 0 Å². The summed E-state index contributed by atoms with van der Waals surface area (Å²) in [6.07, 6.45) is 5.17. The molecule has 0 amide bonds. The van der Waals surface area contributed by atoms with Crippen molar-refractivity contribution >= 4 is 28.8 Å². The lowest BCUT2D eigenvalue weighted by Crippen LogP contribution is -1.94. The summed E-state index contributed by atoms with van der Waals surface area (Å²) in [6, 6.07) is 0. The summed E-state index contributed by atoms with van der Waals surface area (Å²) in [4.78, 5) is 4.07. The molecule has 0 aromatic heterocycles. The lowest BCUT2D eigenvalue weighted by molar-refractivity contribution is 0.950. The van der Waals surface area contributed by atoms with E-state index < -0.39 is 0 Å². The molecule has 0 unspecified atom stereocenters. The van der Waals surface area contributed by atoms with Crippen molar-refractivity contribution < 1.29 is 0 Å². The van der Waals surface area contributed by atoms with Crippen LogP contribution in [0.4, 0.5) is 0 Å². The normalized spacial score (nSPS) is 18.4. The van der Waals surface area contributed by atoms with Gasteiger partial charge in [-0.05, 0) is 12.5 Å². The van der Waals surface area contributed by atoms with E-state index in [1.165, 1.54) is 12.0 Å². The molecule has 0 bridgehead atoms. The zero-order chi connectivity index (χ0) is 5.82. The summed E-state index contributed by atoms with van der Waals surface area (Å²) in [5.74, 6) is 0. The van der Waals surface area contributed by atoms with Crippen molar-refractivity contribution in [2.45, 2.75) is 6.42 Å². The van der Waals surface area contributed by atoms with Crippen molar-refractivity contribution in [3.63, 3.8) is 0 Å². The van der Waals surface area contributed by atoms with Gasteiger partial charge in [-0.1, -0.05) is 28.2 Å². The SMILES string of the molecule is ICC1=CC=NCC1. The number of dihydropyridines is 1. The third-order valence-corrected chi connectivity index (χ3v) is 2.13. The Bertz CT molecular complexity index is 126. The Morgan fingerprint density at radius 3 is 3.00 bits per heavy atom. The summed E-state index contributed by atoms with van der Waals surface area (Å²) >= 11 is 2.38. The monoisotopic (exact) mass is 221 g/mol. The van der Waals surface area contributed by atoms with E-state index in [1.807, 2.05) is 6.21 Å². The minimum absolute atomic E-state index is 0.995. The zero-order valence-corrected chi connectivity index (χ0v) is 6.76. The van der Waals surface area contributed by atoms with Crippen LogP contribution in [0.15, 0.2) is 16.6 Å². The number of halogens is 1. The summed E-state index contributed by atoms with van der Waals surface area (Å²) in [7, 11) is 0. The molecular formula is C6H8IN. The molecule has 0 aromatic rings. The fourth-order valence-electron chi connectivity index (χ4n) is 0.635. The van der Waals surface area contributed by atoms with Crippen LogP contribution in [0.1, 0.15) is 6.42 Å². The molecule has 0 spiro atoms. The molecule has 0 saturated heterocycles. The van der Waals surface area contributed by atoms with Gasteiger partial charge in [-0.3, -0.25) is 4.99 Å². The Morgan fingerprint density at radius 1 is 1.75 bits per heavy atom. The first-order chi connectivity index (χ1) is 3.93. The molecule has 0 aliphatic carbocycles. The number of rotatable bonds is 1. The van der Waals surface area contributed by atoms with Crippen molar-refractivity contribution in [1.29, 1.82) is 0 Å². The summed E-state index contributed by atoms with van der Waals surface area (Å²) in [5.41, 5.74) is 1.51. The van der Waals surface area contributed by atoms with Gasteiger partial charge < -0.3 is 0 Å². The van der Waals surface area contributed by atoms with Crippen molar-refractivity contribution in [3.05, 3.63) is 11.6 Å². The van der Waals surface area contributed by atoms with Crippen molar-refractivity contribution in [1.82, 2.24) is 0 Å². The topological polar surface area (TPSA) is 12.4 Å². The van der Waals surface area contributed by atoms with Gasteiger partial charge in [-0.15, -0.1) is 0 Å². The van der Waals surface area contributed by atoms with Crippen LogP contribution in [-0.2, 0) is 0 Å². The highest BCUT2D eigenvalue weighted by molar-refractivity contribution is 14.1. The molecule has 0 atom stereocenters. The maximum atomic E-state index is 4.07. The lowest BCUT2D eigenvalue weighted by Gasteiger charge is -2.02. The Kier molecular flexibility index (Phi) is 2.52. The van der Waals surface area contributed by atoms with Gasteiger partial charge in [0.15, 0.2) is 0 Å². The molecule has 8 heavy (non-hydrogen) atoms. The van der Waals surface area contributed by atoms with E-state index in [9.17, 15) is 0 Å². The molecule has 1 aliphatic heterocycles. The smallest absolute Gasteiger partial charge is 0.0426 e. The fraction of sp³-hybridized carbons (Fsp3) is 0.500. The highest BCUT2D eigenvalue weighted by atomic mass is 127. The fourth-order valence-corrected chi connectivity index (χ4v) is 1.27. The Morgan fingerprint density at radius 2 is 2.62 bits per heavy atom. The van der Waals surface area contributed by atoms with Crippen molar-refractivity contribution in [2.24, 2.45) is 4.99 Å². The van der Waals surface area contributed by atoms with E-state index >= 15 is 0 Å². The molecule has 0 aromatic carbocycles. The summed E-state index contributed by atoms with van der Waals surface area (Å²) < 4.78 is 1.16. The maximum Gasteiger partial charge on any atom is 0.0426 e. The highest BCUT2D eigenvalue weighted by Crippen LogP contribution is 2.07. The van der Waals surface area contributed by atoms with Gasteiger partial charge in [0.2, 0.25) is 0 Å². The predicted molar refractivity (Wildman–Crippen MR) is 44.9 cm³/mol. The van der Waals surface area contributed by atoms with E-state index in [4.69, 9.17) is 0 Å². The summed E-state index contributed by atoms with van der Waals surface area (Å²) in [5, 5.41) is 0. The van der Waals surface area contributed by atoms with E-state index in [1.54, 1.807) is 0 Å². The van der Waals surface area contributed by atoms with E-state index in [0.717, 1.165) is 11.0 Å². The predicted octanol–water partition coefficient (Wildman–Crippen LogP) is 1.82. The van der Waals surface area contributed by atoms with Crippen molar-refractivity contribution in [3.8, 4) is 0 Å². The summed E-state index contributed by atoms with van der Waals surface area (Å²) in [6.45, 7) is 0.995. The number of aliphatic imine (C=N–C) groups is 1.